The van der Waals surface area contributed by atoms with Gasteiger partial charge in [0.2, 0.25) is 10.0 Å². The van der Waals surface area contributed by atoms with Crippen LogP contribution >= 0.6 is 11.6 Å². The Kier molecular flexibility index (Phi) is 6.23. The van der Waals surface area contributed by atoms with Crippen molar-refractivity contribution in [3.8, 4) is 6.07 Å². The largest absolute Gasteiger partial charge is 0.416 e. The van der Waals surface area contributed by atoms with E-state index in [0.29, 0.717) is 17.7 Å². The third-order valence-electron chi connectivity index (χ3n) is 3.43. The van der Waals surface area contributed by atoms with Crippen molar-refractivity contribution in [2.75, 3.05) is 6.54 Å². The van der Waals surface area contributed by atoms with Gasteiger partial charge < -0.3 is 0 Å². The molecule has 0 atom stereocenters. The Labute approximate surface area is 153 Å². The number of nitrogens with zero attached hydrogens (tertiary/aromatic N) is 3. The summed E-state index contributed by atoms with van der Waals surface area (Å²) in [4.78, 5) is 3.22. The number of sulfonamides is 1. The zero-order valence-electron chi connectivity index (χ0n) is 13.2. The molecular formula is C16H13ClF3N3O2S. The maximum atomic E-state index is 12.9. The van der Waals surface area contributed by atoms with Crippen LogP contribution in [0.4, 0.5) is 13.2 Å². The molecule has 2 rings (SSSR count). The summed E-state index contributed by atoms with van der Waals surface area (Å²) in [6, 6.07) is 7.15. The summed E-state index contributed by atoms with van der Waals surface area (Å²) in [6.45, 7) is -0.343. The van der Waals surface area contributed by atoms with Crippen LogP contribution in [0.5, 0.6) is 0 Å². The van der Waals surface area contributed by atoms with Crippen molar-refractivity contribution in [3.05, 3.63) is 58.9 Å². The van der Waals surface area contributed by atoms with Crippen LogP contribution in [0.3, 0.4) is 0 Å². The van der Waals surface area contributed by atoms with Gasteiger partial charge in [0, 0.05) is 31.9 Å². The first-order valence-corrected chi connectivity index (χ1v) is 9.11. The molecule has 0 bridgehead atoms. The molecule has 0 fully saturated rings. The van der Waals surface area contributed by atoms with E-state index in [2.05, 4.69) is 4.98 Å². The van der Waals surface area contributed by atoms with Crippen molar-refractivity contribution in [3.63, 3.8) is 0 Å². The zero-order valence-corrected chi connectivity index (χ0v) is 14.8. The molecule has 10 heteroatoms. The fraction of sp³-hybridized carbons (Fsp3) is 0.250. The molecule has 0 saturated carbocycles. The van der Waals surface area contributed by atoms with Gasteiger partial charge in [0.1, 0.15) is 4.90 Å². The van der Waals surface area contributed by atoms with Crippen LogP contribution in [0.15, 0.2) is 47.6 Å². The number of nitriles is 1. The first-order chi connectivity index (χ1) is 12.2. The van der Waals surface area contributed by atoms with Crippen LogP contribution in [-0.2, 0) is 22.7 Å². The molecule has 0 aliphatic heterocycles. The predicted molar refractivity (Wildman–Crippen MR) is 88.5 cm³/mol. The number of pyridine rings is 1. The fourth-order valence-electron chi connectivity index (χ4n) is 2.17. The van der Waals surface area contributed by atoms with E-state index < -0.39 is 26.7 Å². The molecule has 0 aliphatic rings. The smallest absolute Gasteiger partial charge is 0.264 e. The van der Waals surface area contributed by atoms with Crippen molar-refractivity contribution in [2.45, 2.75) is 24.0 Å². The normalized spacial score (nSPS) is 12.2. The third-order valence-corrected chi connectivity index (χ3v) is 5.76. The van der Waals surface area contributed by atoms with E-state index >= 15 is 0 Å². The molecule has 1 heterocycles. The van der Waals surface area contributed by atoms with E-state index in [4.69, 9.17) is 16.9 Å². The third kappa shape index (κ3) is 4.72. The van der Waals surface area contributed by atoms with Crippen LogP contribution in [-0.4, -0.2) is 24.3 Å². The summed E-state index contributed by atoms with van der Waals surface area (Å²) in [5, 5.41) is 8.44. The molecule has 2 aromatic rings. The number of aromatic nitrogens is 1. The molecule has 1 aromatic carbocycles. The van der Waals surface area contributed by atoms with Gasteiger partial charge in [0.15, 0.2) is 0 Å². The molecule has 0 amide bonds. The van der Waals surface area contributed by atoms with Crippen LogP contribution in [0.2, 0.25) is 5.02 Å². The number of hydrogen-bond acceptors (Lipinski definition) is 4. The number of alkyl halides is 3. The molecule has 0 radical (unpaired) electrons. The van der Waals surface area contributed by atoms with Gasteiger partial charge in [-0.05, 0) is 29.8 Å². The number of rotatable bonds is 6. The van der Waals surface area contributed by atoms with E-state index in [9.17, 15) is 21.6 Å². The van der Waals surface area contributed by atoms with Gasteiger partial charge in [-0.3, -0.25) is 4.98 Å². The summed E-state index contributed by atoms with van der Waals surface area (Å²) in [5.41, 5.74) is -0.598. The minimum atomic E-state index is -4.71. The van der Waals surface area contributed by atoms with Crippen LogP contribution < -0.4 is 0 Å². The molecule has 0 N–H and O–H groups in total. The van der Waals surface area contributed by atoms with E-state index in [1.165, 1.54) is 12.4 Å². The minimum Gasteiger partial charge on any atom is -0.264 e. The summed E-state index contributed by atoms with van der Waals surface area (Å²) in [6.07, 6.45) is -1.91. The van der Waals surface area contributed by atoms with Gasteiger partial charge in [-0.1, -0.05) is 17.7 Å². The van der Waals surface area contributed by atoms with Gasteiger partial charge in [0.25, 0.3) is 0 Å². The van der Waals surface area contributed by atoms with Crippen LogP contribution in [0.25, 0.3) is 0 Å². The highest BCUT2D eigenvalue weighted by Crippen LogP contribution is 2.34. The highest BCUT2D eigenvalue weighted by molar-refractivity contribution is 7.89. The molecule has 5 nitrogen and oxygen atoms in total. The average Bonchev–Trinajstić information content (AvgIpc) is 2.58. The quantitative estimate of drug-likeness (QED) is 0.734. The maximum Gasteiger partial charge on any atom is 0.416 e. The van der Waals surface area contributed by atoms with Crippen molar-refractivity contribution >= 4 is 21.6 Å². The summed E-state index contributed by atoms with van der Waals surface area (Å²) >= 11 is 5.86. The number of hydrogen-bond donors (Lipinski definition) is 0. The Balaban J connectivity index is 2.48. The van der Waals surface area contributed by atoms with Crippen molar-refractivity contribution in [1.82, 2.24) is 9.29 Å². The first-order valence-electron chi connectivity index (χ1n) is 7.29. The Hall–Kier alpha value is -2.15. The van der Waals surface area contributed by atoms with Crippen LogP contribution in [0, 0.1) is 11.3 Å². The molecule has 0 unspecified atom stereocenters. The van der Waals surface area contributed by atoms with Crippen molar-refractivity contribution < 1.29 is 21.6 Å². The Morgan fingerprint density at radius 3 is 2.58 bits per heavy atom. The minimum absolute atomic E-state index is 0.129. The standard InChI is InChI=1S/C16H13ClF3N3O2S/c17-14-5-4-13(16(18,19)20)9-15(14)26(24,25)23(8-2-6-21)11-12-3-1-7-22-10-12/h1,3-5,7,9-10H,2,8,11H2. The van der Waals surface area contributed by atoms with Gasteiger partial charge >= 0.3 is 6.18 Å². The Bertz CT molecular complexity index is 913. The number of benzene rings is 1. The topological polar surface area (TPSA) is 74.1 Å². The van der Waals surface area contributed by atoms with E-state index in [1.807, 2.05) is 6.07 Å². The van der Waals surface area contributed by atoms with Gasteiger partial charge in [-0.25, -0.2) is 8.42 Å². The monoisotopic (exact) mass is 403 g/mol. The lowest BCUT2D eigenvalue weighted by molar-refractivity contribution is -0.137. The SMILES string of the molecule is N#CCCN(Cc1cccnc1)S(=O)(=O)c1cc(C(F)(F)F)ccc1Cl. The van der Waals surface area contributed by atoms with Crippen molar-refractivity contribution in [1.29, 1.82) is 5.26 Å². The van der Waals surface area contributed by atoms with E-state index in [-0.39, 0.29) is 24.5 Å². The Morgan fingerprint density at radius 2 is 2.00 bits per heavy atom. The number of halogens is 4. The molecule has 26 heavy (non-hydrogen) atoms. The lowest BCUT2D eigenvalue weighted by atomic mass is 10.2. The molecule has 0 saturated heterocycles. The molecule has 0 spiro atoms. The fourth-order valence-corrected chi connectivity index (χ4v) is 4.10. The average molecular weight is 404 g/mol. The second-order valence-electron chi connectivity index (χ2n) is 5.25. The molecule has 138 valence electrons. The highest BCUT2D eigenvalue weighted by Gasteiger charge is 2.34. The first kappa shape index (κ1) is 20.2. The van der Waals surface area contributed by atoms with E-state index in [0.717, 1.165) is 10.4 Å². The predicted octanol–water partition coefficient (Wildman–Crippen LogP) is 3.86. The lowest BCUT2D eigenvalue weighted by Crippen LogP contribution is -2.32. The Morgan fingerprint density at radius 1 is 1.27 bits per heavy atom. The maximum absolute atomic E-state index is 12.9. The molecular weight excluding hydrogens is 391 g/mol. The van der Waals surface area contributed by atoms with Crippen LogP contribution in [0.1, 0.15) is 17.5 Å². The lowest BCUT2D eigenvalue weighted by Gasteiger charge is -2.22. The van der Waals surface area contributed by atoms with Gasteiger partial charge in [-0.2, -0.15) is 22.7 Å². The second-order valence-corrected chi connectivity index (χ2v) is 7.56. The summed E-state index contributed by atoms with van der Waals surface area (Å²) in [5.74, 6) is 0. The van der Waals surface area contributed by atoms with Gasteiger partial charge in [0.05, 0.1) is 16.7 Å². The van der Waals surface area contributed by atoms with Gasteiger partial charge in [-0.15, -0.1) is 0 Å². The summed E-state index contributed by atoms with van der Waals surface area (Å²) < 4.78 is 65.5. The molecule has 1 aromatic heterocycles. The van der Waals surface area contributed by atoms with Crippen molar-refractivity contribution in [2.24, 2.45) is 0 Å². The molecule has 0 aliphatic carbocycles. The van der Waals surface area contributed by atoms with E-state index in [1.54, 1.807) is 12.1 Å². The zero-order chi connectivity index (χ0) is 19.4. The highest BCUT2D eigenvalue weighted by atomic mass is 35.5. The second kappa shape index (κ2) is 8.03. The summed E-state index contributed by atoms with van der Waals surface area (Å²) in [7, 11) is -4.36.